The van der Waals surface area contributed by atoms with Crippen molar-refractivity contribution < 1.29 is 23.8 Å². The molecule has 24 heavy (non-hydrogen) atoms. The first kappa shape index (κ1) is 20.2. The molecular formula is C16H23ClN2O5. The number of rotatable bonds is 8. The van der Waals surface area contributed by atoms with Crippen molar-refractivity contribution in [1.82, 2.24) is 4.90 Å². The minimum atomic E-state index is -0.762. The Kier molecular flexibility index (Phi) is 8.53. The molecule has 0 aromatic heterocycles. The summed E-state index contributed by atoms with van der Waals surface area (Å²) >= 11 is 6.03. The van der Waals surface area contributed by atoms with E-state index < -0.39 is 11.8 Å². The van der Waals surface area contributed by atoms with Crippen molar-refractivity contribution in [2.75, 3.05) is 52.9 Å². The molecule has 0 aliphatic rings. The molecule has 0 saturated carbocycles. The van der Waals surface area contributed by atoms with Gasteiger partial charge in [0.1, 0.15) is 5.75 Å². The Bertz CT molecular complexity index is 572. The number of carbonyl (C=O) groups excluding carboxylic acids is 2. The molecule has 0 fully saturated rings. The molecule has 0 spiro atoms. The van der Waals surface area contributed by atoms with Crippen molar-refractivity contribution in [3.05, 3.63) is 22.7 Å². The zero-order valence-corrected chi connectivity index (χ0v) is 15.1. The minimum Gasteiger partial charge on any atom is -0.495 e. The monoisotopic (exact) mass is 358 g/mol. The number of anilines is 1. The van der Waals surface area contributed by atoms with Crippen LogP contribution in [0.25, 0.3) is 0 Å². The van der Waals surface area contributed by atoms with Gasteiger partial charge in [0, 0.05) is 38.4 Å². The first-order chi connectivity index (χ1) is 11.4. The standard InChI is InChI=1S/C16H23ClN2O5/c1-11-9-13(14(24-4)10-12(11)17)18-15(20)16(21)19(5-7-22-2)6-8-23-3/h9-10H,5-8H2,1-4H3,(H,18,20). The van der Waals surface area contributed by atoms with E-state index in [1.54, 1.807) is 19.1 Å². The predicted molar refractivity (Wildman–Crippen MR) is 91.7 cm³/mol. The van der Waals surface area contributed by atoms with Gasteiger partial charge < -0.3 is 24.4 Å². The van der Waals surface area contributed by atoms with Crippen molar-refractivity contribution in [2.45, 2.75) is 6.92 Å². The highest BCUT2D eigenvalue weighted by Gasteiger charge is 2.23. The Morgan fingerprint density at radius 2 is 1.71 bits per heavy atom. The van der Waals surface area contributed by atoms with Gasteiger partial charge >= 0.3 is 11.8 Å². The zero-order valence-electron chi connectivity index (χ0n) is 14.3. The van der Waals surface area contributed by atoms with Crippen LogP contribution in [0.15, 0.2) is 12.1 Å². The maximum Gasteiger partial charge on any atom is 0.314 e. The van der Waals surface area contributed by atoms with E-state index in [0.717, 1.165) is 5.56 Å². The van der Waals surface area contributed by atoms with Gasteiger partial charge in [-0.3, -0.25) is 9.59 Å². The first-order valence-corrected chi connectivity index (χ1v) is 7.74. The van der Waals surface area contributed by atoms with Gasteiger partial charge in [-0.05, 0) is 18.6 Å². The molecule has 1 aromatic carbocycles. The highest BCUT2D eigenvalue weighted by Crippen LogP contribution is 2.30. The van der Waals surface area contributed by atoms with Crippen LogP contribution in [0.3, 0.4) is 0 Å². The lowest BCUT2D eigenvalue weighted by Crippen LogP contribution is -2.43. The summed E-state index contributed by atoms with van der Waals surface area (Å²) in [5, 5.41) is 3.08. The van der Waals surface area contributed by atoms with Crippen molar-refractivity contribution >= 4 is 29.1 Å². The van der Waals surface area contributed by atoms with E-state index in [2.05, 4.69) is 5.32 Å². The molecule has 7 nitrogen and oxygen atoms in total. The molecule has 134 valence electrons. The number of hydrogen-bond donors (Lipinski definition) is 1. The third-order valence-electron chi connectivity index (χ3n) is 3.34. The SMILES string of the molecule is COCCN(CCOC)C(=O)C(=O)Nc1cc(C)c(Cl)cc1OC. The number of carbonyl (C=O) groups is 2. The van der Waals surface area contributed by atoms with Crippen molar-refractivity contribution in [1.29, 1.82) is 0 Å². The summed E-state index contributed by atoms with van der Waals surface area (Å²) in [5.41, 5.74) is 1.15. The fourth-order valence-corrected chi connectivity index (χ4v) is 2.12. The molecule has 0 unspecified atom stereocenters. The van der Waals surface area contributed by atoms with E-state index in [9.17, 15) is 9.59 Å². The quantitative estimate of drug-likeness (QED) is 0.716. The lowest BCUT2D eigenvalue weighted by Gasteiger charge is -2.21. The Morgan fingerprint density at radius 3 is 2.21 bits per heavy atom. The van der Waals surface area contributed by atoms with Gasteiger partial charge in [-0.15, -0.1) is 0 Å². The number of ether oxygens (including phenoxy) is 3. The van der Waals surface area contributed by atoms with Crippen molar-refractivity contribution in [3.63, 3.8) is 0 Å². The van der Waals surface area contributed by atoms with Gasteiger partial charge in [-0.2, -0.15) is 0 Å². The Labute approximate surface area is 146 Å². The number of halogens is 1. The van der Waals surface area contributed by atoms with E-state index >= 15 is 0 Å². The average Bonchev–Trinajstić information content (AvgIpc) is 2.57. The van der Waals surface area contributed by atoms with Crippen LogP contribution in [0.5, 0.6) is 5.75 Å². The number of amides is 2. The fourth-order valence-electron chi connectivity index (χ4n) is 1.97. The van der Waals surface area contributed by atoms with Gasteiger partial charge in [0.25, 0.3) is 0 Å². The first-order valence-electron chi connectivity index (χ1n) is 7.36. The summed E-state index contributed by atoms with van der Waals surface area (Å²) in [5.74, 6) is -1.05. The molecule has 0 saturated heterocycles. The maximum absolute atomic E-state index is 12.3. The van der Waals surface area contributed by atoms with E-state index in [4.69, 9.17) is 25.8 Å². The Hall–Kier alpha value is -1.83. The predicted octanol–water partition coefficient (Wildman–Crippen LogP) is 1.72. The van der Waals surface area contributed by atoms with E-state index in [-0.39, 0.29) is 0 Å². The van der Waals surface area contributed by atoms with Crippen LogP contribution in [0, 0.1) is 6.92 Å². The van der Waals surface area contributed by atoms with Gasteiger partial charge in [0.05, 0.1) is 26.0 Å². The van der Waals surface area contributed by atoms with Gasteiger partial charge in [-0.1, -0.05) is 11.6 Å². The topological polar surface area (TPSA) is 77.1 Å². The van der Waals surface area contributed by atoms with Gasteiger partial charge in [0.2, 0.25) is 0 Å². The molecule has 1 rings (SSSR count). The summed E-state index contributed by atoms with van der Waals surface area (Å²) < 4.78 is 15.1. The molecule has 0 radical (unpaired) electrons. The van der Waals surface area contributed by atoms with Crippen molar-refractivity contribution in [2.24, 2.45) is 0 Å². The molecule has 8 heteroatoms. The van der Waals surface area contributed by atoms with Crippen LogP contribution in [0.1, 0.15) is 5.56 Å². The molecule has 0 atom stereocenters. The normalized spacial score (nSPS) is 10.4. The summed E-state index contributed by atoms with van der Waals surface area (Å²) in [6.07, 6.45) is 0. The summed E-state index contributed by atoms with van der Waals surface area (Å²) in [6.45, 7) is 3.03. The number of nitrogens with zero attached hydrogens (tertiary/aromatic N) is 1. The molecular weight excluding hydrogens is 336 g/mol. The summed E-state index contributed by atoms with van der Waals surface area (Å²) in [7, 11) is 4.52. The minimum absolute atomic E-state index is 0.295. The van der Waals surface area contributed by atoms with Crippen LogP contribution in [-0.4, -0.2) is 64.3 Å². The second kappa shape index (κ2) is 10.1. The van der Waals surface area contributed by atoms with Crippen LogP contribution in [0.4, 0.5) is 5.69 Å². The molecule has 0 aliphatic carbocycles. The van der Waals surface area contributed by atoms with Gasteiger partial charge in [-0.25, -0.2) is 0 Å². The third-order valence-corrected chi connectivity index (χ3v) is 3.75. The van der Waals surface area contributed by atoms with E-state index in [0.29, 0.717) is 42.8 Å². The van der Waals surface area contributed by atoms with E-state index in [1.165, 1.54) is 26.2 Å². The molecule has 0 aliphatic heterocycles. The van der Waals surface area contributed by atoms with E-state index in [1.807, 2.05) is 0 Å². The highest BCUT2D eigenvalue weighted by atomic mass is 35.5. The number of nitrogens with one attached hydrogen (secondary N) is 1. The average molecular weight is 359 g/mol. The maximum atomic E-state index is 12.3. The van der Waals surface area contributed by atoms with Crippen LogP contribution >= 0.6 is 11.6 Å². The van der Waals surface area contributed by atoms with Crippen LogP contribution in [-0.2, 0) is 19.1 Å². The Morgan fingerprint density at radius 1 is 1.12 bits per heavy atom. The molecule has 0 bridgehead atoms. The smallest absolute Gasteiger partial charge is 0.314 e. The zero-order chi connectivity index (χ0) is 18.1. The molecule has 0 heterocycles. The molecule has 2 amide bonds. The molecule has 1 N–H and O–H groups in total. The third kappa shape index (κ3) is 5.67. The molecule has 1 aromatic rings. The highest BCUT2D eigenvalue weighted by molar-refractivity contribution is 6.39. The lowest BCUT2D eigenvalue weighted by atomic mass is 10.2. The second-order valence-electron chi connectivity index (χ2n) is 5.03. The summed E-state index contributed by atoms with van der Waals surface area (Å²) in [4.78, 5) is 26.0. The number of benzene rings is 1. The second-order valence-corrected chi connectivity index (χ2v) is 5.44. The van der Waals surface area contributed by atoms with Gasteiger partial charge in [0.15, 0.2) is 0 Å². The number of methoxy groups -OCH3 is 3. The lowest BCUT2D eigenvalue weighted by molar-refractivity contribution is -0.144. The Balaban J connectivity index is 2.87. The largest absolute Gasteiger partial charge is 0.495 e. The summed E-state index contributed by atoms with van der Waals surface area (Å²) in [6, 6.07) is 3.24. The number of hydrogen-bond acceptors (Lipinski definition) is 5. The van der Waals surface area contributed by atoms with Crippen LogP contribution in [0.2, 0.25) is 5.02 Å². The van der Waals surface area contributed by atoms with Crippen LogP contribution < -0.4 is 10.1 Å². The fraction of sp³-hybridized carbons (Fsp3) is 0.500. The number of aryl methyl sites for hydroxylation is 1. The van der Waals surface area contributed by atoms with Crippen molar-refractivity contribution in [3.8, 4) is 5.75 Å².